The van der Waals surface area contributed by atoms with E-state index < -0.39 is 7.12 Å². The zero-order chi connectivity index (χ0) is 14.7. The van der Waals surface area contributed by atoms with E-state index in [0.29, 0.717) is 5.46 Å². The lowest BCUT2D eigenvalue weighted by molar-refractivity contribution is 0.425. The van der Waals surface area contributed by atoms with Crippen molar-refractivity contribution >= 4 is 12.6 Å². The van der Waals surface area contributed by atoms with Gasteiger partial charge in [0.25, 0.3) is 0 Å². The van der Waals surface area contributed by atoms with E-state index in [-0.39, 0.29) is 0 Å². The first-order chi connectivity index (χ1) is 10.2. The van der Waals surface area contributed by atoms with Gasteiger partial charge in [-0.15, -0.1) is 0 Å². The summed E-state index contributed by atoms with van der Waals surface area (Å²) in [5, 5.41) is 18.5. The first kappa shape index (κ1) is 13.6. The van der Waals surface area contributed by atoms with Crippen molar-refractivity contribution in [2.75, 3.05) is 0 Å². The second kappa shape index (κ2) is 5.91. The molecule has 2 aromatic carbocycles. The fourth-order valence-corrected chi connectivity index (χ4v) is 2.25. The summed E-state index contributed by atoms with van der Waals surface area (Å²) >= 11 is 0. The zero-order valence-electron chi connectivity index (χ0n) is 11.3. The standard InChI is InChI=1S/C17H14BNO2/c20-18(21)16-9-10-19-17(12-16)15-8-4-7-14(11-15)13-5-2-1-3-6-13/h1-12,20-21H. The lowest BCUT2D eigenvalue weighted by Gasteiger charge is -2.07. The van der Waals surface area contributed by atoms with Crippen LogP contribution in [0.2, 0.25) is 0 Å². The summed E-state index contributed by atoms with van der Waals surface area (Å²) in [5.41, 5.74) is 4.34. The molecule has 0 aliphatic carbocycles. The molecule has 0 aliphatic rings. The molecular weight excluding hydrogens is 261 g/mol. The van der Waals surface area contributed by atoms with E-state index >= 15 is 0 Å². The van der Waals surface area contributed by atoms with Crippen molar-refractivity contribution in [1.82, 2.24) is 4.98 Å². The highest BCUT2D eigenvalue weighted by molar-refractivity contribution is 6.58. The van der Waals surface area contributed by atoms with E-state index in [1.807, 2.05) is 42.5 Å². The molecule has 1 aromatic heterocycles. The van der Waals surface area contributed by atoms with E-state index in [4.69, 9.17) is 0 Å². The number of pyridine rings is 1. The first-order valence-corrected chi connectivity index (χ1v) is 6.72. The molecule has 0 radical (unpaired) electrons. The normalized spacial score (nSPS) is 10.4. The van der Waals surface area contributed by atoms with Gasteiger partial charge in [-0.25, -0.2) is 0 Å². The Morgan fingerprint density at radius 3 is 2.19 bits per heavy atom. The SMILES string of the molecule is OB(O)c1ccnc(-c2cccc(-c3ccccc3)c2)c1. The Hall–Kier alpha value is -2.43. The Kier molecular flexibility index (Phi) is 3.82. The predicted molar refractivity (Wildman–Crippen MR) is 84.9 cm³/mol. The lowest BCUT2D eigenvalue weighted by Crippen LogP contribution is -2.29. The number of hydrogen-bond acceptors (Lipinski definition) is 3. The molecule has 0 fully saturated rings. The van der Waals surface area contributed by atoms with Crippen LogP contribution >= 0.6 is 0 Å². The highest BCUT2D eigenvalue weighted by atomic mass is 16.4. The Balaban J connectivity index is 2.02. The molecule has 0 atom stereocenters. The van der Waals surface area contributed by atoms with Crippen molar-refractivity contribution in [3.63, 3.8) is 0 Å². The molecule has 1 heterocycles. The maximum atomic E-state index is 9.26. The predicted octanol–water partition coefficient (Wildman–Crippen LogP) is 2.10. The molecule has 3 nitrogen and oxygen atoms in total. The molecule has 0 aliphatic heterocycles. The van der Waals surface area contributed by atoms with Gasteiger partial charge in [0.15, 0.2) is 0 Å². The van der Waals surface area contributed by atoms with Gasteiger partial charge in [-0.3, -0.25) is 4.98 Å². The van der Waals surface area contributed by atoms with Crippen LogP contribution in [0.15, 0.2) is 72.9 Å². The van der Waals surface area contributed by atoms with Crippen molar-refractivity contribution in [1.29, 1.82) is 0 Å². The summed E-state index contributed by atoms with van der Waals surface area (Å²) in [6, 6.07) is 21.4. The summed E-state index contributed by atoms with van der Waals surface area (Å²) in [4.78, 5) is 4.30. The molecule has 0 saturated carbocycles. The maximum Gasteiger partial charge on any atom is 0.488 e. The summed E-state index contributed by atoms with van der Waals surface area (Å²) in [5.74, 6) is 0. The average molecular weight is 275 g/mol. The number of benzene rings is 2. The third-order valence-corrected chi connectivity index (χ3v) is 3.35. The van der Waals surface area contributed by atoms with Crippen molar-refractivity contribution in [2.24, 2.45) is 0 Å². The monoisotopic (exact) mass is 275 g/mol. The van der Waals surface area contributed by atoms with Crippen molar-refractivity contribution in [2.45, 2.75) is 0 Å². The maximum absolute atomic E-state index is 9.26. The molecule has 2 N–H and O–H groups in total. The number of nitrogens with zero attached hydrogens (tertiary/aromatic N) is 1. The quantitative estimate of drug-likeness (QED) is 0.720. The van der Waals surface area contributed by atoms with Gasteiger partial charge in [0.05, 0.1) is 5.69 Å². The number of hydrogen-bond donors (Lipinski definition) is 2. The summed E-state index contributed by atoms with van der Waals surface area (Å²) in [7, 11) is -1.48. The minimum absolute atomic E-state index is 0.435. The first-order valence-electron chi connectivity index (χ1n) is 6.72. The fourth-order valence-electron chi connectivity index (χ4n) is 2.25. The summed E-state index contributed by atoms with van der Waals surface area (Å²) in [6.45, 7) is 0. The van der Waals surface area contributed by atoms with Gasteiger partial charge < -0.3 is 10.0 Å². The Morgan fingerprint density at radius 2 is 1.43 bits per heavy atom. The molecule has 0 spiro atoms. The fraction of sp³-hybridized carbons (Fsp3) is 0. The van der Waals surface area contributed by atoms with Gasteiger partial charge in [0, 0.05) is 11.8 Å². The zero-order valence-corrected chi connectivity index (χ0v) is 11.3. The van der Waals surface area contributed by atoms with Crippen molar-refractivity contribution < 1.29 is 10.0 Å². The van der Waals surface area contributed by atoms with Crippen LogP contribution in [0.25, 0.3) is 22.4 Å². The van der Waals surface area contributed by atoms with Crippen LogP contribution in [0.3, 0.4) is 0 Å². The largest absolute Gasteiger partial charge is 0.488 e. The van der Waals surface area contributed by atoms with Crippen LogP contribution < -0.4 is 5.46 Å². The van der Waals surface area contributed by atoms with Crippen molar-refractivity contribution in [3.8, 4) is 22.4 Å². The highest BCUT2D eigenvalue weighted by Crippen LogP contribution is 2.24. The molecule has 0 amide bonds. The highest BCUT2D eigenvalue weighted by Gasteiger charge is 2.12. The third-order valence-electron chi connectivity index (χ3n) is 3.35. The second-order valence-corrected chi connectivity index (χ2v) is 4.79. The van der Waals surface area contributed by atoms with Gasteiger partial charge in [-0.2, -0.15) is 0 Å². The van der Waals surface area contributed by atoms with Crippen LogP contribution in [0.1, 0.15) is 0 Å². The smallest absolute Gasteiger partial charge is 0.423 e. The van der Waals surface area contributed by atoms with Crippen LogP contribution in [-0.4, -0.2) is 22.2 Å². The van der Waals surface area contributed by atoms with E-state index in [0.717, 1.165) is 22.4 Å². The molecule has 0 unspecified atom stereocenters. The second-order valence-electron chi connectivity index (χ2n) is 4.79. The van der Waals surface area contributed by atoms with Crippen LogP contribution in [-0.2, 0) is 0 Å². The average Bonchev–Trinajstić information content (AvgIpc) is 2.56. The minimum Gasteiger partial charge on any atom is -0.423 e. The van der Waals surface area contributed by atoms with E-state index in [9.17, 15) is 10.0 Å². The van der Waals surface area contributed by atoms with Gasteiger partial charge >= 0.3 is 7.12 Å². The molecule has 21 heavy (non-hydrogen) atoms. The molecule has 3 aromatic rings. The van der Waals surface area contributed by atoms with Gasteiger partial charge in [-0.05, 0) is 34.8 Å². The van der Waals surface area contributed by atoms with Crippen LogP contribution in [0.5, 0.6) is 0 Å². The molecule has 102 valence electrons. The summed E-state index contributed by atoms with van der Waals surface area (Å²) in [6.07, 6.45) is 1.58. The van der Waals surface area contributed by atoms with Crippen molar-refractivity contribution in [3.05, 3.63) is 72.9 Å². The van der Waals surface area contributed by atoms with Crippen LogP contribution in [0.4, 0.5) is 0 Å². The molecule has 0 saturated heterocycles. The molecular formula is C17H14BNO2. The topological polar surface area (TPSA) is 53.4 Å². The minimum atomic E-state index is -1.48. The Labute approximate surface area is 123 Å². The number of aromatic nitrogens is 1. The lowest BCUT2D eigenvalue weighted by atomic mass is 9.80. The van der Waals surface area contributed by atoms with Gasteiger partial charge in [-0.1, -0.05) is 48.5 Å². The van der Waals surface area contributed by atoms with E-state index in [1.54, 1.807) is 18.3 Å². The van der Waals surface area contributed by atoms with Gasteiger partial charge in [0.1, 0.15) is 0 Å². The van der Waals surface area contributed by atoms with Crippen LogP contribution in [0, 0.1) is 0 Å². The van der Waals surface area contributed by atoms with E-state index in [1.165, 1.54) is 0 Å². The Morgan fingerprint density at radius 1 is 0.714 bits per heavy atom. The molecule has 4 heteroatoms. The molecule has 3 rings (SSSR count). The van der Waals surface area contributed by atoms with Gasteiger partial charge in [0.2, 0.25) is 0 Å². The summed E-state index contributed by atoms with van der Waals surface area (Å²) < 4.78 is 0. The molecule has 0 bridgehead atoms. The van der Waals surface area contributed by atoms with E-state index in [2.05, 4.69) is 17.1 Å². The Bertz CT molecular complexity index is 745. The third kappa shape index (κ3) is 3.02. The number of rotatable bonds is 3.